The van der Waals surface area contributed by atoms with Crippen LogP contribution in [0.5, 0.6) is 0 Å². The van der Waals surface area contributed by atoms with E-state index in [-0.39, 0.29) is 11.7 Å². The minimum absolute atomic E-state index is 0.170. The third-order valence-electron chi connectivity index (χ3n) is 7.34. The molecule has 1 aliphatic rings. The number of carbonyl (C=O) groups excluding carboxylic acids is 1. The standard InChI is InChI=1S/C30H29N11O/c1-33-30(42)24-9-8-23-29(38-24)41(28(37-23)22-3-2-13-35-27(22)32)21-6-4-19(5-7-21)18-40-15-11-20(12-16-40)36-25-10-14-34-26(17-31)39-25/h2-10,13-14,20H,11-12,15-16,18H2,1H3,(H2,32,35)(H,33,42)(H,34,36,39). The van der Waals surface area contributed by atoms with Crippen molar-refractivity contribution in [3.05, 3.63) is 84.1 Å². The highest BCUT2D eigenvalue weighted by molar-refractivity contribution is 5.94. The van der Waals surface area contributed by atoms with Crippen LogP contribution in [0.25, 0.3) is 28.2 Å². The number of imidazole rings is 1. The molecule has 12 nitrogen and oxygen atoms in total. The van der Waals surface area contributed by atoms with Crippen LogP contribution in [-0.4, -0.2) is 66.5 Å². The lowest BCUT2D eigenvalue weighted by molar-refractivity contribution is 0.0958. The molecule has 5 heterocycles. The van der Waals surface area contributed by atoms with Crippen molar-refractivity contribution in [2.45, 2.75) is 25.4 Å². The first kappa shape index (κ1) is 26.8. The fraction of sp³-hybridized carbons (Fsp3) is 0.233. The third-order valence-corrected chi connectivity index (χ3v) is 7.34. The molecule has 0 radical (unpaired) electrons. The van der Waals surface area contributed by atoms with Gasteiger partial charge in [0.1, 0.15) is 28.9 Å². The number of rotatable bonds is 7. The third kappa shape index (κ3) is 5.45. The monoisotopic (exact) mass is 559 g/mol. The Morgan fingerprint density at radius 1 is 1.02 bits per heavy atom. The number of nitrogens with one attached hydrogen (secondary N) is 2. The number of pyridine rings is 2. The van der Waals surface area contributed by atoms with Gasteiger partial charge in [-0.05, 0) is 60.9 Å². The lowest BCUT2D eigenvalue weighted by atomic mass is 10.0. The topological polar surface area (TPSA) is 164 Å². The number of benzene rings is 1. The molecule has 6 rings (SSSR count). The summed E-state index contributed by atoms with van der Waals surface area (Å²) in [5.41, 5.74) is 10.5. The van der Waals surface area contributed by atoms with Gasteiger partial charge in [0.15, 0.2) is 11.5 Å². The largest absolute Gasteiger partial charge is 0.383 e. The highest BCUT2D eigenvalue weighted by Crippen LogP contribution is 2.30. The van der Waals surface area contributed by atoms with Crippen LogP contribution >= 0.6 is 0 Å². The molecule has 1 fully saturated rings. The van der Waals surface area contributed by atoms with Gasteiger partial charge in [0.05, 0.1) is 5.56 Å². The smallest absolute Gasteiger partial charge is 0.269 e. The van der Waals surface area contributed by atoms with Crippen LogP contribution in [0.3, 0.4) is 0 Å². The average Bonchev–Trinajstić information content (AvgIpc) is 3.41. The van der Waals surface area contributed by atoms with E-state index in [1.54, 1.807) is 37.6 Å². The summed E-state index contributed by atoms with van der Waals surface area (Å²) in [5, 5.41) is 15.1. The Hall–Kier alpha value is -5.41. The van der Waals surface area contributed by atoms with E-state index in [1.807, 2.05) is 34.9 Å². The van der Waals surface area contributed by atoms with Crippen molar-refractivity contribution in [2.24, 2.45) is 0 Å². The summed E-state index contributed by atoms with van der Waals surface area (Å²) < 4.78 is 1.92. The van der Waals surface area contributed by atoms with E-state index in [2.05, 4.69) is 47.6 Å². The number of nitrogen functional groups attached to an aromatic ring is 1. The number of hydrogen-bond acceptors (Lipinski definition) is 10. The molecule has 4 aromatic heterocycles. The number of aromatic nitrogens is 6. The highest BCUT2D eigenvalue weighted by Gasteiger charge is 2.21. The molecule has 42 heavy (non-hydrogen) atoms. The zero-order chi connectivity index (χ0) is 29.1. The van der Waals surface area contributed by atoms with Crippen LogP contribution in [0.1, 0.15) is 34.7 Å². The normalized spacial score (nSPS) is 14.0. The molecule has 4 N–H and O–H groups in total. The van der Waals surface area contributed by atoms with Gasteiger partial charge in [-0.1, -0.05) is 12.1 Å². The molecular formula is C30H29N11O. The zero-order valence-corrected chi connectivity index (χ0v) is 23.0. The van der Waals surface area contributed by atoms with Crippen molar-refractivity contribution in [3.8, 4) is 23.1 Å². The maximum absolute atomic E-state index is 12.3. The number of likely N-dealkylation sites (tertiary alicyclic amines) is 1. The molecule has 1 aliphatic heterocycles. The predicted molar refractivity (Wildman–Crippen MR) is 159 cm³/mol. The average molecular weight is 560 g/mol. The lowest BCUT2D eigenvalue weighted by Gasteiger charge is -2.32. The quantitative estimate of drug-likeness (QED) is 0.270. The van der Waals surface area contributed by atoms with Crippen LogP contribution in [0.15, 0.2) is 67.0 Å². The van der Waals surface area contributed by atoms with Crippen LogP contribution in [-0.2, 0) is 6.54 Å². The minimum atomic E-state index is -0.273. The number of piperidine rings is 1. The molecule has 0 spiro atoms. The second-order valence-corrected chi connectivity index (χ2v) is 10.1. The summed E-state index contributed by atoms with van der Waals surface area (Å²) in [6.07, 6.45) is 5.19. The van der Waals surface area contributed by atoms with Gasteiger partial charge in [0.2, 0.25) is 5.82 Å². The second-order valence-electron chi connectivity index (χ2n) is 10.1. The van der Waals surface area contributed by atoms with Gasteiger partial charge < -0.3 is 16.4 Å². The summed E-state index contributed by atoms with van der Waals surface area (Å²) >= 11 is 0. The molecule has 1 aromatic carbocycles. The van der Waals surface area contributed by atoms with Gasteiger partial charge in [0.25, 0.3) is 5.91 Å². The molecule has 5 aromatic rings. The number of hydrogen-bond donors (Lipinski definition) is 3. The van der Waals surface area contributed by atoms with E-state index in [9.17, 15) is 4.79 Å². The van der Waals surface area contributed by atoms with Gasteiger partial charge >= 0.3 is 0 Å². The number of fused-ring (bicyclic) bond motifs is 1. The molecular weight excluding hydrogens is 530 g/mol. The van der Waals surface area contributed by atoms with Crippen molar-refractivity contribution >= 4 is 28.7 Å². The maximum Gasteiger partial charge on any atom is 0.269 e. The van der Waals surface area contributed by atoms with Crippen molar-refractivity contribution < 1.29 is 4.79 Å². The molecule has 0 saturated carbocycles. The summed E-state index contributed by atoms with van der Waals surface area (Å²) in [5.74, 6) is 1.55. The molecule has 1 amide bonds. The van der Waals surface area contributed by atoms with Crippen LogP contribution < -0.4 is 16.4 Å². The molecule has 0 atom stereocenters. The number of nitriles is 1. The van der Waals surface area contributed by atoms with Crippen molar-refractivity contribution in [2.75, 3.05) is 31.2 Å². The summed E-state index contributed by atoms with van der Waals surface area (Å²) in [7, 11) is 1.58. The van der Waals surface area contributed by atoms with E-state index in [1.165, 1.54) is 5.56 Å². The van der Waals surface area contributed by atoms with E-state index >= 15 is 0 Å². The first-order valence-corrected chi connectivity index (χ1v) is 13.7. The van der Waals surface area contributed by atoms with Crippen LogP contribution in [0, 0.1) is 11.3 Å². The van der Waals surface area contributed by atoms with E-state index in [4.69, 9.17) is 16.0 Å². The second kappa shape index (κ2) is 11.6. The zero-order valence-electron chi connectivity index (χ0n) is 23.0. The summed E-state index contributed by atoms with van der Waals surface area (Å²) in [6, 6.07) is 19.5. The van der Waals surface area contributed by atoms with Gasteiger partial charge in [-0.3, -0.25) is 14.3 Å². The molecule has 0 bridgehead atoms. The highest BCUT2D eigenvalue weighted by atomic mass is 16.1. The van der Waals surface area contributed by atoms with E-state index < -0.39 is 0 Å². The van der Waals surface area contributed by atoms with Gasteiger partial charge in [-0.2, -0.15) is 5.26 Å². The summed E-state index contributed by atoms with van der Waals surface area (Å²) in [6.45, 7) is 2.71. The Balaban J connectivity index is 1.21. The molecule has 210 valence electrons. The fourth-order valence-electron chi connectivity index (χ4n) is 5.19. The fourth-order valence-corrected chi connectivity index (χ4v) is 5.19. The Bertz CT molecular complexity index is 1780. The van der Waals surface area contributed by atoms with Crippen LogP contribution in [0.2, 0.25) is 0 Å². The summed E-state index contributed by atoms with van der Waals surface area (Å²) in [4.78, 5) is 36.7. The predicted octanol–water partition coefficient (Wildman–Crippen LogP) is 3.16. The molecule has 12 heteroatoms. The Labute approximate surface area is 242 Å². The molecule has 0 aliphatic carbocycles. The van der Waals surface area contributed by atoms with Gasteiger partial charge in [-0.15, -0.1) is 0 Å². The molecule has 1 saturated heterocycles. The SMILES string of the molecule is CNC(=O)c1ccc2nc(-c3cccnc3N)n(-c3ccc(CN4CCC(Nc5ccnc(C#N)n5)CC4)cc3)c2n1. The number of anilines is 2. The minimum Gasteiger partial charge on any atom is -0.383 e. The number of amides is 1. The maximum atomic E-state index is 12.3. The van der Waals surface area contributed by atoms with Crippen molar-refractivity contribution in [3.63, 3.8) is 0 Å². The Kier molecular flexibility index (Phi) is 7.40. The Morgan fingerprint density at radius 2 is 1.83 bits per heavy atom. The number of nitrogens with two attached hydrogens (primary N) is 1. The first-order valence-electron chi connectivity index (χ1n) is 13.7. The Morgan fingerprint density at radius 3 is 2.57 bits per heavy atom. The van der Waals surface area contributed by atoms with E-state index in [0.29, 0.717) is 45.9 Å². The van der Waals surface area contributed by atoms with Crippen molar-refractivity contribution in [1.29, 1.82) is 5.26 Å². The van der Waals surface area contributed by atoms with Gasteiger partial charge in [0, 0.05) is 50.8 Å². The number of nitrogens with zero attached hydrogens (tertiary/aromatic N) is 8. The van der Waals surface area contributed by atoms with Gasteiger partial charge in [-0.25, -0.2) is 24.9 Å². The van der Waals surface area contributed by atoms with E-state index in [0.717, 1.165) is 38.2 Å². The first-order chi connectivity index (χ1) is 20.5. The molecule has 0 unspecified atom stereocenters. The number of carbonyl (C=O) groups is 1. The lowest BCUT2D eigenvalue weighted by Crippen LogP contribution is -2.38. The van der Waals surface area contributed by atoms with Crippen molar-refractivity contribution in [1.82, 2.24) is 39.7 Å². The van der Waals surface area contributed by atoms with Crippen LogP contribution in [0.4, 0.5) is 11.6 Å².